The number of ether oxygens (including phenoxy) is 1. The lowest BCUT2D eigenvalue weighted by atomic mass is 9.89. The van der Waals surface area contributed by atoms with E-state index in [1.165, 1.54) is 17.8 Å². The van der Waals surface area contributed by atoms with Gasteiger partial charge in [0.05, 0.1) is 23.9 Å². The molecule has 0 radical (unpaired) electrons. The Morgan fingerprint density at radius 3 is 2.69 bits per heavy atom. The molecular formula is C22H27F3N4O2S. The summed E-state index contributed by atoms with van der Waals surface area (Å²) < 4.78 is 47.2. The fourth-order valence-corrected chi connectivity index (χ4v) is 5.24. The van der Waals surface area contributed by atoms with Gasteiger partial charge < -0.3 is 10.1 Å². The maximum Gasteiger partial charge on any atom is 0.416 e. The first-order valence-corrected chi connectivity index (χ1v) is 12.0. The van der Waals surface area contributed by atoms with Gasteiger partial charge in [-0.15, -0.1) is 10.2 Å². The molecule has 1 aromatic heterocycles. The maximum atomic E-state index is 13.3. The van der Waals surface area contributed by atoms with Gasteiger partial charge in [-0.3, -0.25) is 9.36 Å². The van der Waals surface area contributed by atoms with Crippen LogP contribution in [0.2, 0.25) is 0 Å². The van der Waals surface area contributed by atoms with E-state index < -0.39 is 11.7 Å². The molecule has 174 valence electrons. The summed E-state index contributed by atoms with van der Waals surface area (Å²) in [5, 5.41) is 11.8. The Kier molecular flexibility index (Phi) is 7.40. The average Bonchev–Trinajstić information content (AvgIpc) is 3.46. The Morgan fingerprint density at radius 2 is 1.97 bits per heavy atom. The molecule has 2 aliphatic rings. The number of carbonyl (C=O) groups excluding carboxylic acids is 1. The summed E-state index contributed by atoms with van der Waals surface area (Å²) in [6.45, 7) is 0.836. The third-order valence-corrected chi connectivity index (χ3v) is 7.01. The molecule has 1 atom stereocenters. The summed E-state index contributed by atoms with van der Waals surface area (Å²) >= 11 is 1.41. The molecule has 2 fully saturated rings. The highest BCUT2D eigenvalue weighted by Crippen LogP contribution is 2.32. The van der Waals surface area contributed by atoms with Crippen LogP contribution in [0.1, 0.15) is 56.3 Å². The predicted molar refractivity (Wildman–Crippen MR) is 114 cm³/mol. The molecule has 10 heteroatoms. The maximum absolute atomic E-state index is 13.3. The van der Waals surface area contributed by atoms with Crippen molar-refractivity contribution >= 4 is 17.7 Å². The molecule has 1 aromatic carbocycles. The number of nitrogens with zero attached hydrogens (tertiary/aromatic N) is 3. The number of halogens is 3. The van der Waals surface area contributed by atoms with Gasteiger partial charge >= 0.3 is 6.18 Å². The van der Waals surface area contributed by atoms with Crippen molar-refractivity contribution in [2.45, 2.75) is 68.9 Å². The second-order valence-electron chi connectivity index (χ2n) is 8.28. The van der Waals surface area contributed by atoms with E-state index in [1.807, 2.05) is 0 Å². The monoisotopic (exact) mass is 468 g/mol. The molecule has 1 saturated carbocycles. The van der Waals surface area contributed by atoms with Gasteiger partial charge in [-0.1, -0.05) is 37.1 Å². The van der Waals surface area contributed by atoms with Crippen LogP contribution in [0.5, 0.6) is 0 Å². The number of alkyl halides is 3. The van der Waals surface area contributed by atoms with E-state index in [0.717, 1.165) is 63.7 Å². The summed E-state index contributed by atoms with van der Waals surface area (Å²) in [6, 6.07) is 5.10. The Balaban J connectivity index is 1.56. The summed E-state index contributed by atoms with van der Waals surface area (Å²) in [5.74, 6) is 1.01. The number of amides is 1. The van der Waals surface area contributed by atoms with Crippen molar-refractivity contribution in [2.75, 3.05) is 12.4 Å². The number of carbonyl (C=O) groups is 1. The van der Waals surface area contributed by atoms with Crippen molar-refractivity contribution in [1.82, 2.24) is 20.1 Å². The zero-order valence-electron chi connectivity index (χ0n) is 17.7. The lowest BCUT2D eigenvalue weighted by molar-refractivity contribution is -0.137. The van der Waals surface area contributed by atoms with Crippen molar-refractivity contribution in [3.8, 4) is 5.69 Å². The molecule has 32 heavy (non-hydrogen) atoms. The summed E-state index contributed by atoms with van der Waals surface area (Å²) in [4.78, 5) is 12.6. The molecule has 2 heterocycles. The van der Waals surface area contributed by atoms with Crippen LogP contribution in [-0.2, 0) is 22.3 Å². The van der Waals surface area contributed by atoms with Crippen molar-refractivity contribution in [3.05, 3.63) is 35.7 Å². The third-order valence-electron chi connectivity index (χ3n) is 5.95. The van der Waals surface area contributed by atoms with Crippen LogP contribution >= 0.6 is 11.8 Å². The van der Waals surface area contributed by atoms with E-state index in [-0.39, 0.29) is 24.5 Å². The topological polar surface area (TPSA) is 69.0 Å². The van der Waals surface area contributed by atoms with E-state index in [2.05, 4.69) is 15.5 Å². The Labute approximate surface area is 189 Å². The van der Waals surface area contributed by atoms with Crippen LogP contribution in [0.25, 0.3) is 5.69 Å². The van der Waals surface area contributed by atoms with Crippen LogP contribution in [0, 0.1) is 5.92 Å². The number of rotatable bonds is 7. The van der Waals surface area contributed by atoms with Crippen molar-refractivity contribution in [2.24, 2.45) is 5.92 Å². The van der Waals surface area contributed by atoms with Gasteiger partial charge in [0, 0.05) is 18.3 Å². The minimum Gasteiger partial charge on any atom is -0.377 e. The second kappa shape index (κ2) is 10.2. The molecule has 1 aliphatic carbocycles. The molecule has 1 saturated heterocycles. The molecule has 1 unspecified atom stereocenters. The molecule has 6 nitrogen and oxygen atoms in total. The lowest BCUT2D eigenvalue weighted by Gasteiger charge is -2.20. The Hall–Kier alpha value is -2.07. The first-order valence-electron chi connectivity index (χ1n) is 11.1. The van der Waals surface area contributed by atoms with Crippen molar-refractivity contribution in [1.29, 1.82) is 0 Å². The number of hydrogen-bond donors (Lipinski definition) is 1. The molecule has 0 spiro atoms. The normalized spacial score (nSPS) is 19.9. The molecule has 1 amide bonds. The van der Waals surface area contributed by atoms with Gasteiger partial charge in [0.15, 0.2) is 11.0 Å². The molecule has 2 aromatic rings. The molecular weight excluding hydrogens is 441 g/mol. The van der Waals surface area contributed by atoms with Crippen molar-refractivity contribution < 1.29 is 22.7 Å². The van der Waals surface area contributed by atoms with E-state index in [4.69, 9.17) is 4.74 Å². The number of benzene rings is 1. The highest BCUT2D eigenvalue weighted by Gasteiger charge is 2.31. The van der Waals surface area contributed by atoms with Crippen LogP contribution in [0.3, 0.4) is 0 Å². The van der Waals surface area contributed by atoms with E-state index in [9.17, 15) is 18.0 Å². The fourth-order valence-electron chi connectivity index (χ4n) is 4.21. The molecule has 0 bridgehead atoms. The van der Waals surface area contributed by atoms with Crippen LogP contribution in [0.4, 0.5) is 13.2 Å². The van der Waals surface area contributed by atoms with E-state index >= 15 is 0 Å². The van der Waals surface area contributed by atoms with Crippen LogP contribution < -0.4 is 5.32 Å². The zero-order valence-corrected chi connectivity index (χ0v) is 18.6. The molecule has 1 N–H and O–H groups in total. The third kappa shape index (κ3) is 5.64. The molecule has 4 rings (SSSR count). The van der Waals surface area contributed by atoms with E-state index in [1.54, 1.807) is 10.6 Å². The van der Waals surface area contributed by atoms with Gasteiger partial charge in [0.25, 0.3) is 0 Å². The zero-order chi connectivity index (χ0) is 22.6. The van der Waals surface area contributed by atoms with E-state index in [0.29, 0.717) is 22.4 Å². The minimum absolute atomic E-state index is 0.0120. The highest BCUT2D eigenvalue weighted by atomic mass is 32.2. The Bertz CT molecular complexity index is 922. The summed E-state index contributed by atoms with van der Waals surface area (Å²) in [7, 11) is 0. The van der Waals surface area contributed by atoms with Crippen LogP contribution in [-0.4, -0.2) is 39.1 Å². The van der Waals surface area contributed by atoms with Gasteiger partial charge in [0.1, 0.15) is 0 Å². The van der Waals surface area contributed by atoms with Gasteiger partial charge in [0.2, 0.25) is 5.91 Å². The fraction of sp³-hybridized carbons (Fsp3) is 0.591. The number of thioether (sulfide) groups is 1. The largest absolute Gasteiger partial charge is 0.416 e. The quantitative estimate of drug-likeness (QED) is 0.594. The smallest absolute Gasteiger partial charge is 0.377 e. The average molecular weight is 469 g/mol. The number of aromatic nitrogens is 3. The van der Waals surface area contributed by atoms with Gasteiger partial charge in [-0.05, 0) is 43.9 Å². The number of hydrogen-bond acceptors (Lipinski definition) is 5. The highest BCUT2D eigenvalue weighted by molar-refractivity contribution is 7.99. The van der Waals surface area contributed by atoms with Gasteiger partial charge in [-0.2, -0.15) is 13.2 Å². The van der Waals surface area contributed by atoms with Crippen LogP contribution in [0.15, 0.2) is 29.4 Å². The second-order valence-corrected chi connectivity index (χ2v) is 9.27. The van der Waals surface area contributed by atoms with Gasteiger partial charge in [-0.25, -0.2) is 0 Å². The first-order chi connectivity index (χ1) is 15.4. The summed E-state index contributed by atoms with van der Waals surface area (Å²) in [5.41, 5.74) is -0.419. The molecule has 1 aliphatic heterocycles. The number of nitrogens with one attached hydrogen (secondary N) is 1. The first kappa shape index (κ1) is 23.1. The summed E-state index contributed by atoms with van der Waals surface area (Å²) in [6.07, 6.45) is 2.58. The standard InChI is InChI=1S/C22H27F3N4O2S/c23-22(24,25)16-8-4-9-17(12-16)29-19(13-26-20(30)15-6-2-1-3-7-15)27-28-21(29)32-14-18-10-5-11-31-18/h4,8-9,12,15,18H,1-3,5-7,10-11,13-14H2,(H,26,30). The minimum atomic E-state index is -4.45. The lowest BCUT2D eigenvalue weighted by Crippen LogP contribution is -2.32. The predicted octanol–water partition coefficient (Wildman–Crippen LogP) is 4.75. The Morgan fingerprint density at radius 1 is 1.16 bits per heavy atom. The SMILES string of the molecule is O=C(NCc1nnc(SCC2CCCO2)n1-c1cccc(C(F)(F)F)c1)C1CCCCC1. The van der Waals surface area contributed by atoms with Crippen molar-refractivity contribution in [3.63, 3.8) is 0 Å².